The number of nitrogens with one attached hydrogen (secondary N) is 2. The molecule has 2 fully saturated rings. The zero-order valence-electron chi connectivity index (χ0n) is 29.1. The number of anilines is 2. The van der Waals surface area contributed by atoms with Crippen LogP contribution in [0, 0.1) is 0 Å². The van der Waals surface area contributed by atoms with Crippen molar-refractivity contribution in [1.29, 1.82) is 0 Å². The second-order valence-corrected chi connectivity index (χ2v) is 21.0. The van der Waals surface area contributed by atoms with E-state index in [1.165, 1.54) is 0 Å². The molecule has 2 aliphatic carbocycles. The van der Waals surface area contributed by atoms with Gasteiger partial charge in [-0.15, -0.1) is 0 Å². The first kappa shape index (κ1) is 34.4. The molecule has 2 saturated carbocycles. The highest BCUT2D eigenvalue weighted by Gasteiger charge is 2.47. The summed E-state index contributed by atoms with van der Waals surface area (Å²) in [6.45, 7) is 24.8. The number of rotatable bonds is 11. The summed E-state index contributed by atoms with van der Waals surface area (Å²) in [5, 5.41) is 11.8. The number of hydrogen-bond donors (Lipinski definition) is 2. The van der Waals surface area contributed by atoms with E-state index in [0.29, 0.717) is 31.6 Å². The highest BCUT2D eigenvalue weighted by atomic mass is 28.4. The van der Waals surface area contributed by atoms with E-state index in [9.17, 15) is 4.79 Å². The Kier molecular flexibility index (Phi) is 9.98. The molecule has 0 radical (unpaired) electrons. The van der Waals surface area contributed by atoms with E-state index in [-0.39, 0.29) is 16.2 Å². The lowest BCUT2D eigenvalue weighted by Crippen LogP contribution is -2.43. The first-order valence-electron chi connectivity index (χ1n) is 16.4. The minimum Gasteiger partial charge on any atom is -0.444 e. The van der Waals surface area contributed by atoms with Crippen LogP contribution in [0.15, 0.2) is 24.4 Å². The second-order valence-electron chi connectivity index (χ2n) is 16.2. The Balaban J connectivity index is 1.39. The molecule has 2 N–H and O–H groups in total. The summed E-state index contributed by atoms with van der Waals surface area (Å²) < 4.78 is 20.5. The number of aromatic nitrogens is 3. The Morgan fingerprint density at radius 2 is 1.77 bits per heavy atom. The summed E-state index contributed by atoms with van der Waals surface area (Å²) in [6, 6.07) is 6.33. The average Bonchev–Trinajstić information content (AvgIpc) is 3.31. The standard InChI is InChI=1S/C34H57N5O4Si/c1-31(2,3)39-29(23-27(38-39)24-13-14-26(21-24)43-44(10,11)33(7,8)9)37-25-15-19-35-28(22-25)34(16-17-34)41-20-12-18-36-30(40)42-32(4,5)6/h15,19,22-24,26H,12-14,16-18,20-21H2,1-11H3,(H,35,37)(H,36,40)/t24-,26+/m0/s1. The molecule has 2 heterocycles. The van der Waals surface area contributed by atoms with E-state index in [0.717, 1.165) is 55.0 Å². The molecule has 10 heteroatoms. The van der Waals surface area contributed by atoms with Crippen molar-refractivity contribution < 1.29 is 18.7 Å². The monoisotopic (exact) mass is 627 g/mol. The van der Waals surface area contributed by atoms with Crippen molar-refractivity contribution in [3.63, 3.8) is 0 Å². The molecule has 2 aliphatic rings. The third-order valence-corrected chi connectivity index (χ3v) is 13.5. The van der Waals surface area contributed by atoms with E-state index in [2.05, 4.69) is 87.1 Å². The highest BCUT2D eigenvalue weighted by Crippen LogP contribution is 2.49. The van der Waals surface area contributed by atoms with Crippen LogP contribution < -0.4 is 10.6 Å². The van der Waals surface area contributed by atoms with Gasteiger partial charge in [-0.2, -0.15) is 5.10 Å². The lowest BCUT2D eigenvalue weighted by Gasteiger charge is -2.38. The van der Waals surface area contributed by atoms with Crippen molar-refractivity contribution in [3.8, 4) is 0 Å². The molecule has 0 saturated heterocycles. The number of carbonyl (C=O) groups is 1. The second kappa shape index (κ2) is 12.8. The van der Waals surface area contributed by atoms with Gasteiger partial charge in [0.25, 0.3) is 0 Å². The Morgan fingerprint density at radius 3 is 2.39 bits per heavy atom. The summed E-state index contributed by atoms with van der Waals surface area (Å²) in [4.78, 5) is 16.6. The molecule has 0 spiro atoms. The number of amides is 1. The molecule has 0 bridgehead atoms. The quantitative estimate of drug-likeness (QED) is 0.191. The molecule has 2 aromatic heterocycles. The fraction of sp³-hybridized carbons (Fsp3) is 0.735. The number of nitrogens with zero attached hydrogens (tertiary/aromatic N) is 3. The molecule has 9 nitrogen and oxygen atoms in total. The van der Waals surface area contributed by atoms with E-state index in [1.54, 1.807) is 0 Å². The van der Waals surface area contributed by atoms with Gasteiger partial charge in [-0.3, -0.25) is 4.98 Å². The normalized spacial score (nSPS) is 20.4. The topological polar surface area (TPSA) is 99.5 Å². The lowest BCUT2D eigenvalue weighted by molar-refractivity contribution is 0.0245. The molecule has 0 aliphatic heterocycles. The van der Waals surface area contributed by atoms with Crippen molar-refractivity contribution in [1.82, 2.24) is 20.1 Å². The summed E-state index contributed by atoms with van der Waals surface area (Å²) in [7, 11) is -1.80. The highest BCUT2D eigenvalue weighted by molar-refractivity contribution is 6.74. The Morgan fingerprint density at radius 1 is 1.07 bits per heavy atom. The van der Waals surface area contributed by atoms with Crippen molar-refractivity contribution >= 4 is 25.9 Å². The molecule has 246 valence electrons. The number of ether oxygens (including phenoxy) is 2. The zero-order chi connectivity index (χ0) is 32.6. The van der Waals surface area contributed by atoms with Crippen LogP contribution in [-0.4, -0.2) is 54.0 Å². The van der Waals surface area contributed by atoms with Gasteiger partial charge in [0.15, 0.2) is 8.32 Å². The molecule has 2 aromatic rings. The SMILES string of the molecule is CC(C)(C)OC(=O)NCCCOC1(c2cc(Nc3cc([C@H]4CC[C@@H](O[Si](C)(C)C(C)(C)C)C4)nn3C(C)(C)C)ccn2)CC1. The lowest BCUT2D eigenvalue weighted by atomic mass is 10.0. The fourth-order valence-electron chi connectivity index (χ4n) is 5.45. The van der Waals surface area contributed by atoms with E-state index < -0.39 is 20.0 Å². The maximum atomic E-state index is 11.9. The molecule has 44 heavy (non-hydrogen) atoms. The van der Waals surface area contributed by atoms with Crippen molar-refractivity contribution in [2.45, 2.75) is 148 Å². The molecular formula is C34H57N5O4Si. The van der Waals surface area contributed by atoms with Crippen molar-refractivity contribution in [3.05, 3.63) is 35.8 Å². The van der Waals surface area contributed by atoms with Gasteiger partial charge in [0.2, 0.25) is 0 Å². The largest absolute Gasteiger partial charge is 0.444 e. The number of pyridine rings is 1. The third kappa shape index (κ3) is 8.85. The number of carbonyl (C=O) groups excluding carboxylic acids is 1. The Hall–Kier alpha value is -2.43. The minimum absolute atomic E-state index is 0.180. The minimum atomic E-state index is -1.80. The van der Waals surface area contributed by atoms with Gasteiger partial charge < -0.3 is 24.5 Å². The van der Waals surface area contributed by atoms with Gasteiger partial charge >= 0.3 is 6.09 Å². The van der Waals surface area contributed by atoms with Crippen molar-refractivity contribution in [2.24, 2.45) is 0 Å². The smallest absolute Gasteiger partial charge is 0.407 e. The van der Waals surface area contributed by atoms with Gasteiger partial charge in [-0.25, -0.2) is 9.48 Å². The Labute approximate surface area is 266 Å². The summed E-state index contributed by atoms with van der Waals surface area (Å²) in [6.07, 6.45) is 7.56. The van der Waals surface area contributed by atoms with Crippen LogP contribution in [0.25, 0.3) is 0 Å². The summed E-state index contributed by atoms with van der Waals surface area (Å²) >= 11 is 0. The summed E-state index contributed by atoms with van der Waals surface area (Å²) in [5.74, 6) is 1.38. The first-order chi connectivity index (χ1) is 20.3. The van der Waals surface area contributed by atoms with Gasteiger partial charge in [-0.1, -0.05) is 20.8 Å². The first-order valence-corrected chi connectivity index (χ1v) is 19.3. The van der Waals surface area contributed by atoms with Gasteiger partial charge in [0.05, 0.1) is 16.9 Å². The predicted octanol–water partition coefficient (Wildman–Crippen LogP) is 8.36. The molecular weight excluding hydrogens is 570 g/mol. The average molecular weight is 628 g/mol. The van der Waals surface area contributed by atoms with Crippen molar-refractivity contribution in [2.75, 3.05) is 18.5 Å². The maximum absolute atomic E-state index is 11.9. The summed E-state index contributed by atoms with van der Waals surface area (Å²) in [5.41, 5.74) is 2.00. The van der Waals surface area contributed by atoms with Gasteiger partial charge in [0.1, 0.15) is 17.0 Å². The van der Waals surface area contributed by atoms with Gasteiger partial charge in [0, 0.05) is 43.1 Å². The molecule has 0 aromatic carbocycles. The molecule has 1 amide bonds. The van der Waals surface area contributed by atoms with Crippen LogP contribution in [0.3, 0.4) is 0 Å². The van der Waals surface area contributed by atoms with Crippen LogP contribution in [-0.2, 0) is 25.0 Å². The predicted molar refractivity (Wildman–Crippen MR) is 179 cm³/mol. The van der Waals surface area contributed by atoms with Crippen LogP contribution in [0.5, 0.6) is 0 Å². The maximum Gasteiger partial charge on any atom is 0.407 e. The van der Waals surface area contributed by atoms with E-state index >= 15 is 0 Å². The van der Waals surface area contributed by atoms with Crippen LogP contribution in [0.1, 0.15) is 118 Å². The van der Waals surface area contributed by atoms with Crippen LogP contribution in [0.4, 0.5) is 16.3 Å². The zero-order valence-corrected chi connectivity index (χ0v) is 30.1. The van der Waals surface area contributed by atoms with Crippen LogP contribution >= 0.6 is 0 Å². The number of hydrogen-bond acceptors (Lipinski definition) is 7. The fourth-order valence-corrected chi connectivity index (χ4v) is 6.85. The molecule has 2 atom stereocenters. The molecule has 0 unspecified atom stereocenters. The number of alkyl carbamates (subject to hydrolysis) is 1. The van der Waals surface area contributed by atoms with E-state index in [1.807, 2.05) is 33.0 Å². The third-order valence-electron chi connectivity index (χ3n) is 9.00. The van der Waals surface area contributed by atoms with E-state index in [4.69, 9.17) is 19.0 Å². The van der Waals surface area contributed by atoms with Crippen LogP contribution in [0.2, 0.25) is 18.1 Å². The Bertz CT molecular complexity index is 1280. The molecule has 4 rings (SSSR count). The van der Waals surface area contributed by atoms with Gasteiger partial charge in [-0.05, 0) is 110 Å².